The average Bonchev–Trinajstić information content (AvgIpc) is 3.07. The van der Waals surface area contributed by atoms with Crippen LogP contribution in [0.25, 0.3) is 0 Å². The molecule has 1 N–H and O–H groups in total. The maximum absolute atomic E-state index is 12.8. The first-order valence-corrected chi connectivity index (χ1v) is 9.16. The van der Waals surface area contributed by atoms with Crippen molar-refractivity contribution in [3.63, 3.8) is 0 Å². The standard InChI is InChI=1S/C17H28N4O4/c1-18-10-11-21(16(25)19-7-2-3-8-19)13-17(18)5-4-14(22)20(9-6-17)12-15(23)24/h2-13H2,1H3,(H,23,24)/t17-/m1/s1. The van der Waals surface area contributed by atoms with E-state index in [1.807, 2.05) is 9.80 Å². The lowest BCUT2D eigenvalue weighted by Gasteiger charge is -2.49. The van der Waals surface area contributed by atoms with Crippen molar-refractivity contribution in [2.75, 3.05) is 52.9 Å². The lowest BCUT2D eigenvalue weighted by Crippen LogP contribution is -2.63. The molecule has 3 rings (SSSR count). The van der Waals surface area contributed by atoms with E-state index in [9.17, 15) is 14.4 Å². The average molecular weight is 352 g/mol. The molecule has 1 atom stereocenters. The van der Waals surface area contributed by atoms with Gasteiger partial charge >= 0.3 is 12.0 Å². The number of rotatable bonds is 2. The maximum Gasteiger partial charge on any atom is 0.323 e. The zero-order chi connectivity index (χ0) is 18.0. The number of carbonyl (C=O) groups excluding carboxylic acids is 2. The van der Waals surface area contributed by atoms with Gasteiger partial charge in [-0.15, -0.1) is 0 Å². The number of nitrogens with zero attached hydrogens (tertiary/aromatic N) is 4. The molecule has 0 aromatic carbocycles. The van der Waals surface area contributed by atoms with Crippen LogP contribution in [0.15, 0.2) is 0 Å². The lowest BCUT2D eigenvalue weighted by atomic mass is 9.86. The topological polar surface area (TPSA) is 84.4 Å². The van der Waals surface area contributed by atoms with Crippen LogP contribution in [0.3, 0.4) is 0 Å². The number of aliphatic carboxylic acids is 1. The van der Waals surface area contributed by atoms with Gasteiger partial charge in [-0.25, -0.2) is 4.79 Å². The van der Waals surface area contributed by atoms with Crippen molar-refractivity contribution in [3.05, 3.63) is 0 Å². The Kier molecular flexibility index (Phi) is 5.17. The summed E-state index contributed by atoms with van der Waals surface area (Å²) in [5.41, 5.74) is -0.240. The molecule has 25 heavy (non-hydrogen) atoms. The fraction of sp³-hybridized carbons (Fsp3) is 0.824. The van der Waals surface area contributed by atoms with E-state index in [4.69, 9.17) is 5.11 Å². The molecule has 3 saturated heterocycles. The van der Waals surface area contributed by atoms with Gasteiger partial charge in [0, 0.05) is 51.2 Å². The fourth-order valence-electron chi connectivity index (χ4n) is 4.30. The van der Waals surface area contributed by atoms with E-state index < -0.39 is 5.97 Å². The summed E-state index contributed by atoms with van der Waals surface area (Å²) < 4.78 is 0. The lowest BCUT2D eigenvalue weighted by molar-refractivity contribution is -0.144. The van der Waals surface area contributed by atoms with Gasteiger partial charge in [-0.05, 0) is 32.7 Å². The van der Waals surface area contributed by atoms with Crippen molar-refractivity contribution < 1.29 is 19.5 Å². The van der Waals surface area contributed by atoms with Crippen LogP contribution in [0.1, 0.15) is 32.1 Å². The van der Waals surface area contributed by atoms with Crippen LogP contribution in [0.2, 0.25) is 0 Å². The Hall–Kier alpha value is -1.83. The van der Waals surface area contributed by atoms with Gasteiger partial charge < -0.3 is 19.8 Å². The first kappa shape index (κ1) is 18.0. The maximum atomic E-state index is 12.8. The third kappa shape index (κ3) is 3.73. The van der Waals surface area contributed by atoms with Gasteiger partial charge in [0.05, 0.1) is 0 Å². The molecule has 0 aliphatic carbocycles. The Bertz CT molecular complexity index is 549. The second-order valence-corrected chi connectivity index (χ2v) is 7.50. The van der Waals surface area contributed by atoms with Crippen molar-refractivity contribution in [1.29, 1.82) is 0 Å². The summed E-state index contributed by atoms with van der Waals surface area (Å²) >= 11 is 0. The van der Waals surface area contributed by atoms with Crippen LogP contribution in [0.4, 0.5) is 4.79 Å². The number of likely N-dealkylation sites (tertiary alicyclic amines) is 2. The summed E-state index contributed by atoms with van der Waals surface area (Å²) in [6.07, 6.45) is 3.85. The van der Waals surface area contributed by atoms with Crippen molar-refractivity contribution >= 4 is 17.9 Å². The summed E-state index contributed by atoms with van der Waals surface area (Å²) in [6, 6.07) is 0.114. The van der Waals surface area contributed by atoms with E-state index >= 15 is 0 Å². The highest BCUT2D eigenvalue weighted by Crippen LogP contribution is 2.32. The van der Waals surface area contributed by atoms with E-state index in [0.717, 1.165) is 32.5 Å². The number of hydrogen-bond donors (Lipinski definition) is 1. The smallest absolute Gasteiger partial charge is 0.323 e. The molecule has 8 nitrogen and oxygen atoms in total. The Labute approximate surface area is 148 Å². The molecule has 0 saturated carbocycles. The third-order valence-corrected chi connectivity index (χ3v) is 5.98. The Morgan fingerprint density at radius 1 is 1.04 bits per heavy atom. The van der Waals surface area contributed by atoms with Crippen molar-refractivity contribution in [2.45, 2.75) is 37.6 Å². The minimum absolute atomic E-state index is 0.101. The first-order chi connectivity index (χ1) is 11.9. The molecule has 0 aromatic heterocycles. The summed E-state index contributed by atoms with van der Waals surface area (Å²) in [5, 5.41) is 9.00. The molecule has 0 aromatic rings. The number of carbonyl (C=O) groups is 3. The molecular weight excluding hydrogens is 324 g/mol. The second kappa shape index (κ2) is 7.19. The molecule has 0 radical (unpaired) electrons. The largest absolute Gasteiger partial charge is 0.480 e. The molecule has 3 amide bonds. The van der Waals surface area contributed by atoms with Crippen molar-refractivity contribution in [2.24, 2.45) is 0 Å². The zero-order valence-corrected chi connectivity index (χ0v) is 14.9. The molecule has 3 heterocycles. The van der Waals surface area contributed by atoms with Crippen LogP contribution < -0.4 is 0 Å². The highest BCUT2D eigenvalue weighted by Gasteiger charge is 2.44. The number of amides is 3. The summed E-state index contributed by atoms with van der Waals surface area (Å²) in [4.78, 5) is 43.6. The molecule has 1 spiro atoms. The van der Waals surface area contributed by atoms with Gasteiger partial charge in [-0.1, -0.05) is 0 Å². The van der Waals surface area contributed by atoms with Gasteiger partial charge in [0.2, 0.25) is 5.91 Å². The second-order valence-electron chi connectivity index (χ2n) is 7.50. The van der Waals surface area contributed by atoms with Crippen molar-refractivity contribution in [1.82, 2.24) is 19.6 Å². The summed E-state index contributed by atoms with van der Waals surface area (Å²) in [6.45, 7) is 3.97. The van der Waals surface area contributed by atoms with E-state index in [-0.39, 0.29) is 24.0 Å². The van der Waals surface area contributed by atoms with Crippen molar-refractivity contribution in [3.8, 4) is 0 Å². The van der Waals surface area contributed by atoms with E-state index in [1.54, 1.807) is 0 Å². The molecule has 0 bridgehead atoms. The van der Waals surface area contributed by atoms with Crippen LogP contribution in [0, 0.1) is 0 Å². The summed E-state index contributed by atoms with van der Waals surface area (Å²) in [7, 11) is 2.05. The van der Waals surface area contributed by atoms with Gasteiger partial charge in [-0.3, -0.25) is 14.5 Å². The van der Waals surface area contributed by atoms with Gasteiger partial charge in [0.15, 0.2) is 0 Å². The minimum atomic E-state index is -0.980. The third-order valence-electron chi connectivity index (χ3n) is 5.98. The predicted octanol–water partition coefficient (Wildman–Crippen LogP) is 0.286. The fourth-order valence-corrected chi connectivity index (χ4v) is 4.30. The number of carboxylic acid groups (broad SMARTS) is 1. The van der Waals surface area contributed by atoms with Crippen LogP contribution >= 0.6 is 0 Å². The van der Waals surface area contributed by atoms with Crippen LogP contribution in [-0.4, -0.2) is 101 Å². The number of piperazine rings is 1. The normalized spacial score (nSPS) is 28.5. The SMILES string of the molecule is CN1CCN(C(=O)N2CCCC2)C[C@]12CCC(=O)N(CC(=O)O)CC2. The van der Waals surface area contributed by atoms with Gasteiger partial charge in [0.25, 0.3) is 0 Å². The van der Waals surface area contributed by atoms with Crippen LogP contribution in [0.5, 0.6) is 0 Å². The highest BCUT2D eigenvalue weighted by atomic mass is 16.4. The van der Waals surface area contributed by atoms with E-state index in [0.29, 0.717) is 38.9 Å². The summed E-state index contributed by atoms with van der Waals surface area (Å²) in [5.74, 6) is -1.08. The van der Waals surface area contributed by atoms with E-state index in [1.165, 1.54) is 4.90 Å². The number of carboxylic acids is 1. The number of likely N-dealkylation sites (N-methyl/N-ethyl adjacent to an activating group) is 1. The molecule has 140 valence electrons. The van der Waals surface area contributed by atoms with Gasteiger partial charge in [-0.2, -0.15) is 0 Å². The number of urea groups is 1. The highest BCUT2D eigenvalue weighted by molar-refractivity contribution is 5.81. The Morgan fingerprint density at radius 2 is 1.76 bits per heavy atom. The first-order valence-electron chi connectivity index (χ1n) is 9.16. The minimum Gasteiger partial charge on any atom is -0.480 e. The quantitative estimate of drug-likeness (QED) is 0.772. The predicted molar refractivity (Wildman–Crippen MR) is 91.2 cm³/mol. The van der Waals surface area contributed by atoms with Crippen LogP contribution in [-0.2, 0) is 9.59 Å². The Morgan fingerprint density at radius 3 is 2.44 bits per heavy atom. The van der Waals surface area contributed by atoms with E-state index in [2.05, 4.69) is 11.9 Å². The molecule has 3 fully saturated rings. The molecular formula is C17H28N4O4. The number of hydrogen-bond acceptors (Lipinski definition) is 4. The van der Waals surface area contributed by atoms with Gasteiger partial charge in [0.1, 0.15) is 6.54 Å². The molecule has 3 aliphatic rings. The monoisotopic (exact) mass is 352 g/mol. The molecule has 0 unspecified atom stereocenters. The molecule has 8 heteroatoms. The molecule has 3 aliphatic heterocycles. The zero-order valence-electron chi connectivity index (χ0n) is 14.9. The Balaban J connectivity index is 1.71.